The molecule has 1 aliphatic carbocycles. The normalized spacial score (nSPS) is 17.1. The van der Waals surface area contributed by atoms with Gasteiger partial charge in [0.25, 0.3) is 0 Å². The predicted molar refractivity (Wildman–Crippen MR) is 69.5 cm³/mol. The second-order valence-corrected chi connectivity index (χ2v) is 4.57. The number of hydrogen-bond acceptors (Lipinski definition) is 3. The summed E-state index contributed by atoms with van der Waals surface area (Å²) in [7, 11) is 0. The van der Waals surface area contributed by atoms with Gasteiger partial charge >= 0.3 is 0 Å². The van der Waals surface area contributed by atoms with E-state index in [0.29, 0.717) is 19.4 Å². The van der Waals surface area contributed by atoms with E-state index in [4.69, 9.17) is 10.9 Å². The molecule has 0 aliphatic heterocycles. The first-order valence-corrected chi connectivity index (χ1v) is 6.11. The molecule has 0 saturated heterocycles. The number of oxime groups is 1. The molecule has 102 valence electrons. The zero-order valence-corrected chi connectivity index (χ0v) is 10.6. The molecule has 0 aromatic heterocycles. The second-order valence-electron chi connectivity index (χ2n) is 4.57. The number of anilines is 1. The van der Waals surface area contributed by atoms with Crippen molar-refractivity contribution in [3.8, 4) is 0 Å². The van der Waals surface area contributed by atoms with Gasteiger partial charge in [-0.3, -0.25) is 4.79 Å². The molecule has 0 radical (unpaired) electrons. The SMILES string of the molecule is CCN(C(=O)C1(/C(N)=N/O)CC1)c1ccccc1F. The maximum atomic E-state index is 13.8. The monoisotopic (exact) mass is 265 g/mol. The van der Waals surface area contributed by atoms with Crippen LogP contribution >= 0.6 is 0 Å². The Labute approximate surface area is 110 Å². The molecule has 5 nitrogen and oxygen atoms in total. The third-order valence-electron chi connectivity index (χ3n) is 3.46. The molecule has 0 heterocycles. The molecule has 2 rings (SSSR count). The molecular formula is C13H16FN3O2. The number of amides is 1. The van der Waals surface area contributed by atoms with Gasteiger partial charge in [-0.1, -0.05) is 17.3 Å². The third kappa shape index (κ3) is 2.14. The number of para-hydroxylation sites is 1. The van der Waals surface area contributed by atoms with Gasteiger partial charge in [-0.25, -0.2) is 4.39 Å². The van der Waals surface area contributed by atoms with Crippen LogP contribution in [0.15, 0.2) is 29.4 Å². The maximum absolute atomic E-state index is 13.8. The molecule has 19 heavy (non-hydrogen) atoms. The maximum Gasteiger partial charge on any atom is 0.241 e. The van der Waals surface area contributed by atoms with Crippen LogP contribution < -0.4 is 10.6 Å². The lowest BCUT2D eigenvalue weighted by Crippen LogP contribution is -2.44. The van der Waals surface area contributed by atoms with Crippen LogP contribution in [0.3, 0.4) is 0 Å². The fourth-order valence-corrected chi connectivity index (χ4v) is 2.15. The first kappa shape index (κ1) is 13.3. The highest BCUT2D eigenvalue weighted by Gasteiger charge is 2.56. The van der Waals surface area contributed by atoms with E-state index in [1.165, 1.54) is 11.0 Å². The molecular weight excluding hydrogens is 249 g/mol. The number of nitrogens with zero attached hydrogens (tertiary/aromatic N) is 2. The standard InChI is InChI=1S/C13H16FN3O2/c1-2-17(10-6-4-3-5-9(10)14)12(18)13(7-8-13)11(15)16-19/h3-6,19H,2,7-8H2,1H3,(H2,15,16). The van der Waals surface area contributed by atoms with Gasteiger partial charge in [0.15, 0.2) is 5.84 Å². The van der Waals surface area contributed by atoms with Crippen molar-refractivity contribution in [2.45, 2.75) is 19.8 Å². The Hall–Kier alpha value is -2.11. The molecule has 6 heteroatoms. The molecule has 1 saturated carbocycles. The molecule has 0 spiro atoms. The summed E-state index contributed by atoms with van der Waals surface area (Å²) in [5.74, 6) is -0.893. The fourth-order valence-electron chi connectivity index (χ4n) is 2.15. The van der Waals surface area contributed by atoms with E-state index in [2.05, 4.69) is 5.16 Å². The summed E-state index contributed by atoms with van der Waals surface area (Å²) in [6.07, 6.45) is 1.04. The van der Waals surface area contributed by atoms with Crippen LogP contribution in [0.5, 0.6) is 0 Å². The minimum Gasteiger partial charge on any atom is -0.409 e. The Kier molecular flexibility index (Phi) is 3.42. The average Bonchev–Trinajstić information content (AvgIpc) is 3.22. The van der Waals surface area contributed by atoms with Crippen LogP contribution in [0.4, 0.5) is 10.1 Å². The lowest BCUT2D eigenvalue weighted by molar-refractivity contribution is -0.121. The van der Waals surface area contributed by atoms with Crippen LogP contribution in [-0.4, -0.2) is 23.5 Å². The largest absolute Gasteiger partial charge is 0.409 e. The van der Waals surface area contributed by atoms with Gasteiger partial charge in [0.2, 0.25) is 5.91 Å². The van der Waals surface area contributed by atoms with E-state index in [1.54, 1.807) is 25.1 Å². The van der Waals surface area contributed by atoms with Gasteiger partial charge in [-0.2, -0.15) is 0 Å². The lowest BCUT2D eigenvalue weighted by Gasteiger charge is -2.26. The Bertz CT molecular complexity index is 526. The number of nitrogens with two attached hydrogens (primary N) is 1. The minimum atomic E-state index is -0.965. The summed E-state index contributed by atoms with van der Waals surface area (Å²) < 4.78 is 13.8. The molecule has 1 aromatic rings. The number of rotatable bonds is 4. The second kappa shape index (κ2) is 4.87. The van der Waals surface area contributed by atoms with Crippen molar-refractivity contribution < 1.29 is 14.4 Å². The van der Waals surface area contributed by atoms with Crippen molar-refractivity contribution in [1.29, 1.82) is 0 Å². The number of amidine groups is 1. The van der Waals surface area contributed by atoms with Crippen molar-refractivity contribution >= 4 is 17.4 Å². The van der Waals surface area contributed by atoms with Crippen LogP contribution in [0.2, 0.25) is 0 Å². The molecule has 0 unspecified atom stereocenters. The number of benzene rings is 1. The Morgan fingerprint density at radius 3 is 2.63 bits per heavy atom. The van der Waals surface area contributed by atoms with Gasteiger partial charge < -0.3 is 15.8 Å². The molecule has 1 aliphatic rings. The summed E-state index contributed by atoms with van der Waals surface area (Å²) in [6.45, 7) is 2.08. The molecule has 0 atom stereocenters. The highest BCUT2D eigenvalue weighted by Crippen LogP contribution is 2.48. The van der Waals surface area contributed by atoms with Gasteiger partial charge in [0.1, 0.15) is 11.2 Å². The summed E-state index contributed by atoms with van der Waals surface area (Å²) in [6, 6.07) is 6.07. The predicted octanol–water partition coefficient (Wildman–Crippen LogP) is 1.71. The smallest absolute Gasteiger partial charge is 0.241 e. The van der Waals surface area contributed by atoms with E-state index in [1.807, 2.05) is 0 Å². The van der Waals surface area contributed by atoms with Crippen LogP contribution in [-0.2, 0) is 4.79 Å². The summed E-state index contributed by atoms with van der Waals surface area (Å²) >= 11 is 0. The van der Waals surface area contributed by atoms with Gasteiger partial charge in [-0.15, -0.1) is 0 Å². The Morgan fingerprint density at radius 1 is 1.53 bits per heavy atom. The van der Waals surface area contributed by atoms with Gasteiger partial charge in [0.05, 0.1) is 5.69 Å². The number of hydrogen-bond donors (Lipinski definition) is 2. The zero-order valence-electron chi connectivity index (χ0n) is 10.6. The van der Waals surface area contributed by atoms with Crippen molar-refractivity contribution in [3.63, 3.8) is 0 Å². The highest BCUT2D eigenvalue weighted by atomic mass is 19.1. The van der Waals surface area contributed by atoms with Crippen molar-refractivity contribution in [2.24, 2.45) is 16.3 Å². The molecule has 1 amide bonds. The summed E-state index contributed by atoms with van der Waals surface area (Å²) in [5.41, 5.74) is 4.83. The third-order valence-corrected chi connectivity index (χ3v) is 3.46. The number of halogens is 1. The number of carbonyl (C=O) groups excluding carboxylic acids is 1. The summed E-state index contributed by atoms with van der Waals surface area (Å²) in [5, 5.41) is 11.7. The number of carbonyl (C=O) groups is 1. The first-order valence-electron chi connectivity index (χ1n) is 6.11. The van der Waals surface area contributed by atoms with Crippen molar-refractivity contribution in [1.82, 2.24) is 0 Å². The molecule has 1 fully saturated rings. The highest BCUT2D eigenvalue weighted by molar-refractivity contribution is 6.15. The first-order chi connectivity index (χ1) is 9.06. The Morgan fingerprint density at radius 2 is 2.16 bits per heavy atom. The quantitative estimate of drug-likeness (QED) is 0.376. The molecule has 3 N–H and O–H groups in total. The van der Waals surface area contributed by atoms with Gasteiger partial charge in [-0.05, 0) is 31.9 Å². The van der Waals surface area contributed by atoms with E-state index in [-0.39, 0.29) is 17.4 Å². The van der Waals surface area contributed by atoms with Gasteiger partial charge in [0, 0.05) is 6.54 Å². The fraction of sp³-hybridized carbons (Fsp3) is 0.385. The van der Waals surface area contributed by atoms with E-state index in [0.717, 1.165) is 0 Å². The van der Waals surface area contributed by atoms with Crippen LogP contribution in [0.1, 0.15) is 19.8 Å². The average molecular weight is 265 g/mol. The van der Waals surface area contributed by atoms with Crippen LogP contribution in [0.25, 0.3) is 0 Å². The topological polar surface area (TPSA) is 78.9 Å². The molecule has 1 aromatic carbocycles. The van der Waals surface area contributed by atoms with Crippen molar-refractivity contribution in [2.75, 3.05) is 11.4 Å². The van der Waals surface area contributed by atoms with E-state index in [9.17, 15) is 9.18 Å². The zero-order chi connectivity index (χ0) is 14.0. The molecule has 0 bridgehead atoms. The van der Waals surface area contributed by atoms with Crippen LogP contribution in [0, 0.1) is 11.2 Å². The van der Waals surface area contributed by atoms with E-state index < -0.39 is 11.2 Å². The van der Waals surface area contributed by atoms with E-state index >= 15 is 0 Å². The lowest BCUT2D eigenvalue weighted by atomic mass is 10.0. The minimum absolute atomic E-state index is 0.104. The summed E-state index contributed by atoms with van der Waals surface area (Å²) in [4.78, 5) is 13.8. The Balaban J connectivity index is 2.34. The van der Waals surface area contributed by atoms with Crippen molar-refractivity contribution in [3.05, 3.63) is 30.1 Å².